The van der Waals surface area contributed by atoms with Crippen LogP contribution < -0.4 is 15.8 Å². The Morgan fingerprint density at radius 2 is 2.03 bits per heavy atom. The molecule has 2 heterocycles. The number of aromatic nitrogens is 4. The predicted molar refractivity (Wildman–Crippen MR) is 119 cm³/mol. The number of ketones is 1. The summed E-state index contributed by atoms with van der Waals surface area (Å²) >= 11 is 0. The normalized spacial score (nSPS) is 17.7. The van der Waals surface area contributed by atoms with Gasteiger partial charge >= 0.3 is 0 Å². The van der Waals surface area contributed by atoms with Crippen molar-refractivity contribution in [1.29, 1.82) is 0 Å². The first-order valence-electron chi connectivity index (χ1n) is 10.5. The van der Waals surface area contributed by atoms with E-state index < -0.39 is 12.3 Å². The minimum Gasteiger partial charge on any atom is -0.476 e. The summed E-state index contributed by atoms with van der Waals surface area (Å²) < 4.78 is 6.03. The molecule has 8 heteroatoms. The van der Waals surface area contributed by atoms with Crippen molar-refractivity contribution in [2.75, 3.05) is 5.32 Å². The standard InChI is InChI=1S/C23H26N6O2/c1-2-3-4-6-15-9-11-16(12-10-15)13-14-19(30)17-7-5-8-18-20(17)31-21(22(24)25-18)23-26-28-29-27-23/h5,7-14,21-22,25H,2-4,6,24H2,1H3,(H,26,27,28,29). The summed E-state index contributed by atoms with van der Waals surface area (Å²) in [6.07, 6.45) is 6.89. The first-order valence-corrected chi connectivity index (χ1v) is 10.5. The van der Waals surface area contributed by atoms with Crippen molar-refractivity contribution in [2.45, 2.75) is 44.9 Å². The number of nitrogens with one attached hydrogen (secondary N) is 2. The third-order valence-corrected chi connectivity index (χ3v) is 5.27. The van der Waals surface area contributed by atoms with Crippen LogP contribution in [0.3, 0.4) is 0 Å². The number of hydrogen-bond donors (Lipinski definition) is 3. The summed E-state index contributed by atoms with van der Waals surface area (Å²) in [4.78, 5) is 12.9. The maximum absolute atomic E-state index is 12.9. The van der Waals surface area contributed by atoms with Crippen molar-refractivity contribution in [3.05, 3.63) is 71.1 Å². The molecule has 0 spiro atoms. The number of fused-ring (bicyclic) bond motifs is 1. The summed E-state index contributed by atoms with van der Waals surface area (Å²) in [7, 11) is 0. The van der Waals surface area contributed by atoms with Crippen LogP contribution in [0, 0.1) is 0 Å². The van der Waals surface area contributed by atoms with Crippen LogP contribution >= 0.6 is 0 Å². The summed E-state index contributed by atoms with van der Waals surface area (Å²) in [5.74, 6) is 0.593. The van der Waals surface area contributed by atoms with E-state index in [1.165, 1.54) is 24.8 Å². The topological polar surface area (TPSA) is 119 Å². The van der Waals surface area contributed by atoms with E-state index in [9.17, 15) is 4.79 Å². The van der Waals surface area contributed by atoms with Gasteiger partial charge in [-0.15, -0.1) is 10.2 Å². The van der Waals surface area contributed by atoms with Crippen LogP contribution in [0.5, 0.6) is 5.75 Å². The second kappa shape index (κ2) is 9.53. The highest BCUT2D eigenvalue weighted by atomic mass is 16.5. The average Bonchev–Trinajstić information content (AvgIpc) is 3.32. The van der Waals surface area contributed by atoms with Crippen LogP contribution in [0.4, 0.5) is 5.69 Å². The number of H-pyrrole nitrogens is 1. The van der Waals surface area contributed by atoms with E-state index >= 15 is 0 Å². The van der Waals surface area contributed by atoms with Gasteiger partial charge in [0.1, 0.15) is 6.17 Å². The van der Waals surface area contributed by atoms with Gasteiger partial charge in [0.25, 0.3) is 0 Å². The molecule has 8 nitrogen and oxygen atoms in total. The lowest BCUT2D eigenvalue weighted by Crippen LogP contribution is -2.42. The highest BCUT2D eigenvalue weighted by Gasteiger charge is 2.33. The van der Waals surface area contributed by atoms with E-state index in [4.69, 9.17) is 10.5 Å². The Morgan fingerprint density at radius 3 is 2.77 bits per heavy atom. The summed E-state index contributed by atoms with van der Waals surface area (Å²) in [5.41, 5.74) is 9.53. The van der Waals surface area contributed by atoms with Crippen molar-refractivity contribution >= 4 is 17.5 Å². The number of carbonyl (C=O) groups is 1. The summed E-state index contributed by atoms with van der Waals surface area (Å²) in [6, 6.07) is 13.7. The number of para-hydroxylation sites is 1. The number of hydrogen-bond acceptors (Lipinski definition) is 7. The molecule has 2 aromatic carbocycles. The fourth-order valence-corrected chi connectivity index (χ4v) is 3.57. The zero-order valence-electron chi connectivity index (χ0n) is 17.4. The highest BCUT2D eigenvalue weighted by molar-refractivity contribution is 6.09. The van der Waals surface area contributed by atoms with Gasteiger partial charge in [0, 0.05) is 0 Å². The van der Waals surface area contributed by atoms with E-state index in [0.717, 1.165) is 12.0 Å². The number of rotatable bonds is 8. The molecule has 1 aliphatic rings. The number of nitrogens with two attached hydrogens (primary N) is 1. The SMILES string of the molecule is CCCCCc1ccc(C=CC(=O)c2cccc3c2OC(c2nn[nH]n2)C(N)N3)cc1. The van der Waals surface area contributed by atoms with Crippen LogP contribution in [0.15, 0.2) is 48.5 Å². The highest BCUT2D eigenvalue weighted by Crippen LogP contribution is 2.38. The third kappa shape index (κ3) is 4.80. The van der Waals surface area contributed by atoms with Gasteiger partial charge in [0.05, 0.1) is 11.3 Å². The van der Waals surface area contributed by atoms with Crippen molar-refractivity contribution < 1.29 is 9.53 Å². The number of nitrogens with zero attached hydrogens (tertiary/aromatic N) is 3. The molecule has 0 fully saturated rings. The molecule has 4 rings (SSSR count). The zero-order chi connectivity index (χ0) is 21.6. The van der Waals surface area contributed by atoms with E-state index in [1.807, 2.05) is 24.3 Å². The van der Waals surface area contributed by atoms with Crippen molar-refractivity contribution in [3.63, 3.8) is 0 Å². The lowest BCUT2D eigenvalue weighted by atomic mass is 10.0. The minimum atomic E-state index is -0.663. The Kier molecular flexibility index (Phi) is 6.37. The molecule has 160 valence electrons. The minimum absolute atomic E-state index is 0.159. The largest absolute Gasteiger partial charge is 0.476 e. The number of aromatic amines is 1. The van der Waals surface area contributed by atoms with Gasteiger partial charge < -0.3 is 15.8 Å². The molecule has 2 atom stereocenters. The Bertz CT molecular complexity index is 1050. The summed E-state index contributed by atoms with van der Waals surface area (Å²) in [6.45, 7) is 2.20. The molecule has 4 N–H and O–H groups in total. The Labute approximate surface area is 180 Å². The summed E-state index contributed by atoms with van der Waals surface area (Å²) in [5, 5.41) is 17.0. The number of benzene rings is 2. The quantitative estimate of drug-likeness (QED) is 0.290. The fraction of sp³-hybridized carbons (Fsp3) is 0.304. The number of allylic oxidation sites excluding steroid dienone is 1. The molecule has 0 aliphatic carbocycles. The maximum atomic E-state index is 12.9. The number of unbranched alkanes of at least 4 members (excludes halogenated alkanes) is 2. The number of anilines is 1. The van der Waals surface area contributed by atoms with Gasteiger partial charge in [-0.05, 0) is 42.2 Å². The number of tetrazole rings is 1. The molecule has 0 saturated heterocycles. The second-order valence-electron chi connectivity index (χ2n) is 7.56. The van der Waals surface area contributed by atoms with Gasteiger partial charge in [-0.1, -0.05) is 61.4 Å². The first-order chi connectivity index (χ1) is 15.2. The van der Waals surface area contributed by atoms with E-state index in [2.05, 4.69) is 45.0 Å². The number of carbonyl (C=O) groups excluding carboxylic acids is 1. The number of aryl methyl sites for hydroxylation is 1. The van der Waals surface area contributed by atoms with Crippen LogP contribution in [-0.2, 0) is 6.42 Å². The second-order valence-corrected chi connectivity index (χ2v) is 7.56. The Morgan fingerprint density at radius 1 is 1.19 bits per heavy atom. The molecule has 3 aromatic rings. The lowest BCUT2D eigenvalue weighted by Gasteiger charge is -2.31. The van der Waals surface area contributed by atoms with E-state index in [0.29, 0.717) is 22.8 Å². The van der Waals surface area contributed by atoms with Gasteiger partial charge in [-0.2, -0.15) is 5.21 Å². The molecule has 0 radical (unpaired) electrons. The smallest absolute Gasteiger partial charge is 0.218 e. The molecule has 2 unspecified atom stereocenters. The van der Waals surface area contributed by atoms with Gasteiger partial charge in [-0.25, -0.2) is 0 Å². The van der Waals surface area contributed by atoms with Crippen molar-refractivity contribution in [1.82, 2.24) is 20.6 Å². The predicted octanol–water partition coefficient (Wildman–Crippen LogP) is 3.66. The zero-order valence-corrected chi connectivity index (χ0v) is 17.4. The van der Waals surface area contributed by atoms with E-state index in [-0.39, 0.29) is 5.78 Å². The molecule has 1 aliphatic heterocycles. The number of ether oxygens (including phenoxy) is 1. The average molecular weight is 419 g/mol. The Balaban J connectivity index is 1.49. The van der Waals surface area contributed by atoms with Gasteiger partial charge in [0.2, 0.25) is 5.82 Å². The van der Waals surface area contributed by atoms with Gasteiger partial charge in [0.15, 0.2) is 17.6 Å². The molecule has 0 saturated carbocycles. The Hall–Kier alpha value is -3.52. The molecule has 31 heavy (non-hydrogen) atoms. The molecule has 0 bridgehead atoms. The van der Waals surface area contributed by atoms with Crippen LogP contribution in [0.2, 0.25) is 0 Å². The van der Waals surface area contributed by atoms with Crippen molar-refractivity contribution in [2.24, 2.45) is 5.73 Å². The van der Waals surface area contributed by atoms with Crippen LogP contribution in [-0.4, -0.2) is 32.6 Å². The fourth-order valence-electron chi connectivity index (χ4n) is 3.57. The monoisotopic (exact) mass is 418 g/mol. The molecular formula is C23H26N6O2. The maximum Gasteiger partial charge on any atom is 0.218 e. The van der Waals surface area contributed by atoms with Gasteiger partial charge in [-0.3, -0.25) is 4.79 Å². The lowest BCUT2D eigenvalue weighted by molar-refractivity contribution is 0.103. The van der Waals surface area contributed by atoms with Crippen LogP contribution in [0.25, 0.3) is 6.08 Å². The molecule has 0 amide bonds. The molecule has 1 aromatic heterocycles. The first kappa shape index (κ1) is 20.7. The third-order valence-electron chi connectivity index (χ3n) is 5.27. The van der Waals surface area contributed by atoms with Crippen molar-refractivity contribution in [3.8, 4) is 5.75 Å². The van der Waals surface area contributed by atoms with Crippen LogP contribution in [0.1, 0.15) is 59.6 Å². The molecular weight excluding hydrogens is 392 g/mol. The van der Waals surface area contributed by atoms with E-state index in [1.54, 1.807) is 18.2 Å².